The van der Waals surface area contributed by atoms with Crippen LogP contribution >= 0.6 is 0 Å². The van der Waals surface area contributed by atoms with Gasteiger partial charge in [-0.2, -0.15) is 0 Å². The number of aromatic nitrogens is 1. The lowest BCUT2D eigenvalue weighted by Crippen LogP contribution is -2.10. The van der Waals surface area contributed by atoms with Gasteiger partial charge < -0.3 is 15.3 Å². The SMILES string of the molecule is CC(C)O.CN(C)c1nc2cccccc-2c1/C=C1/C(=O)Nc2ccccc21. The molecule has 0 fully saturated rings. The van der Waals surface area contributed by atoms with Crippen LogP contribution in [0.15, 0.2) is 54.6 Å². The van der Waals surface area contributed by atoms with Crippen molar-refractivity contribution in [3.05, 3.63) is 65.7 Å². The normalized spacial score (nSPS) is 13.9. The quantitative estimate of drug-likeness (QED) is 0.661. The molecule has 0 saturated carbocycles. The maximum Gasteiger partial charge on any atom is 0.256 e. The van der Waals surface area contributed by atoms with Crippen molar-refractivity contribution in [2.24, 2.45) is 0 Å². The van der Waals surface area contributed by atoms with E-state index in [0.717, 1.165) is 33.9 Å². The van der Waals surface area contributed by atoms with Crippen LogP contribution in [0.5, 0.6) is 0 Å². The Kier molecular flexibility index (Phi) is 5.76. The van der Waals surface area contributed by atoms with Crippen LogP contribution in [0.1, 0.15) is 25.0 Å². The number of anilines is 2. The van der Waals surface area contributed by atoms with E-state index in [2.05, 4.69) is 5.32 Å². The molecule has 5 nitrogen and oxygen atoms in total. The Bertz CT molecular complexity index is 990. The number of benzene rings is 1. The zero-order valence-electron chi connectivity index (χ0n) is 16.6. The van der Waals surface area contributed by atoms with Crippen LogP contribution in [-0.4, -0.2) is 36.2 Å². The van der Waals surface area contributed by atoms with Crippen molar-refractivity contribution in [2.75, 3.05) is 24.3 Å². The van der Waals surface area contributed by atoms with E-state index < -0.39 is 0 Å². The van der Waals surface area contributed by atoms with Crippen LogP contribution in [-0.2, 0) is 4.79 Å². The molecular weight excluding hydrogens is 350 g/mol. The molecule has 1 aromatic rings. The van der Waals surface area contributed by atoms with Crippen LogP contribution in [0.3, 0.4) is 0 Å². The summed E-state index contributed by atoms with van der Waals surface area (Å²) in [6, 6.07) is 17.7. The van der Waals surface area contributed by atoms with Crippen LogP contribution in [0.4, 0.5) is 11.5 Å². The summed E-state index contributed by atoms with van der Waals surface area (Å²) in [5.74, 6) is 0.788. The third-order valence-corrected chi connectivity index (χ3v) is 4.19. The fourth-order valence-electron chi connectivity index (χ4n) is 3.07. The lowest BCUT2D eigenvalue weighted by molar-refractivity contribution is -0.110. The monoisotopic (exact) mass is 375 g/mol. The fourth-order valence-corrected chi connectivity index (χ4v) is 3.07. The van der Waals surface area contributed by atoms with Gasteiger partial charge in [0.05, 0.1) is 5.69 Å². The number of aliphatic hydroxyl groups is 1. The molecule has 0 atom stereocenters. The number of aliphatic hydroxyl groups excluding tert-OH is 1. The minimum atomic E-state index is -0.167. The first kappa shape index (κ1) is 19.6. The summed E-state index contributed by atoms with van der Waals surface area (Å²) < 4.78 is 0. The Hall–Kier alpha value is -3.18. The van der Waals surface area contributed by atoms with Crippen LogP contribution in [0, 0.1) is 0 Å². The van der Waals surface area contributed by atoms with E-state index in [4.69, 9.17) is 10.1 Å². The molecule has 5 heteroatoms. The standard InChI is InChI=1S/C20H17N3O.C3H8O/c1-23(2)19-15(13-8-4-3-5-10-17(13)21-19)12-16-14-9-6-7-11-18(14)22-20(16)24;1-3(2)4/h3-12H,1-2H3,(H,22,24);3-4H,1-2H3/b16-12+;. The smallest absolute Gasteiger partial charge is 0.256 e. The molecule has 2 heterocycles. The van der Waals surface area contributed by atoms with Gasteiger partial charge in [0.15, 0.2) is 0 Å². The Balaban J connectivity index is 0.000000516. The van der Waals surface area contributed by atoms with E-state index >= 15 is 0 Å². The second-order valence-corrected chi connectivity index (χ2v) is 7.10. The van der Waals surface area contributed by atoms with E-state index in [1.54, 1.807) is 13.8 Å². The summed E-state index contributed by atoms with van der Waals surface area (Å²) >= 11 is 0. The largest absolute Gasteiger partial charge is 0.394 e. The minimum absolute atomic E-state index is 0.0736. The Morgan fingerprint density at radius 3 is 2.32 bits per heavy atom. The number of carbonyl (C=O) groups is 1. The predicted molar refractivity (Wildman–Crippen MR) is 115 cm³/mol. The van der Waals surface area contributed by atoms with E-state index in [1.165, 1.54) is 0 Å². The third-order valence-electron chi connectivity index (χ3n) is 4.19. The summed E-state index contributed by atoms with van der Waals surface area (Å²) in [4.78, 5) is 19.1. The van der Waals surface area contributed by atoms with Crippen LogP contribution < -0.4 is 10.2 Å². The number of hydrogen-bond donors (Lipinski definition) is 2. The van der Waals surface area contributed by atoms with Crippen molar-refractivity contribution < 1.29 is 9.90 Å². The zero-order valence-corrected chi connectivity index (χ0v) is 16.6. The highest BCUT2D eigenvalue weighted by atomic mass is 16.3. The molecule has 0 bridgehead atoms. The molecule has 1 aliphatic carbocycles. The summed E-state index contributed by atoms with van der Waals surface area (Å²) in [6.07, 6.45) is 1.78. The van der Waals surface area contributed by atoms with Gasteiger partial charge in [-0.25, -0.2) is 4.98 Å². The molecule has 4 rings (SSSR count). The zero-order chi connectivity index (χ0) is 20.3. The molecule has 0 saturated heterocycles. The van der Waals surface area contributed by atoms with Gasteiger partial charge in [0, 0.05) is 48.2 Å². The number of rotatable bonds is 2. The molecule has 1 amide bonds. The molecule has 144 valence electrons. The molecule has 2 N–H and O–H groups in total. The number of para-hydroxylation sites is 1. The van der Waals surface area contributed by atoms with Crippen LogP contribution in [0.25, 0.3) is 22.9 Å². The highest BCUT2D eigenvalue weighted by molar-refractivity contribution is 6.35. The summed E-state index contributed by atoms with van der Waals surface area (Å²) in [5.41, 5.74) is 5.38. The number of nitrogens with zero attached hydrogens (tertiary/aromatic N) is 2. The number of carbonyl (C=O) groups excluding carboxylic acids is 1. The second kappa shape index (κ2) is 8.23. The molecule has 1 aromatic carbocycles. The van der Waals surface area contributed by atoms with Crippen LogP contribution in [0.2, 0.25) is 0 Å². The molecule has 0 unspecified atom stereocenters. The highest BCUT2D eigenvalue weighted by Crippen LogP contribution is 2.38. The molecule has 0 spiro atoms. The maximum atomic E-state index is 12.4. The number of nitrogens with one attached hydrogen (secondary N) is 1. The van der Waals surface area contributed by atoms with E-state index in [9.17, 15) is 4.79 Å². The number of hydrogen-bond acceptors (Lipinski definition) is 4. The van der Waals surface area contributed by atoms with Gasteiger partial charge in [-0.05, 0) is 32.1 Å². The number of amides is 1. The Morgan fingerprint density at radius 2 is 1.61 bits per heavy atom. The predicted octanol–water partition coefficient (Wildman–Crippen LogP) is 4.13. The van der Waals surface area contributed by atoms with Gasteiger partial charge >= 0.3 is 0 Å². The maximum absolute atomic E-state index is 12.4. The van der Waals surface area contributed by atoms with Crippen molar-refractivity contribution in [1.82, 2.24) is 4.98 Å². The van der Waals surface area contributed by atoms with Gasteiger partial charge in [-0.1, -0.05) is 42.5 Å². The van der Waals surface area contributed by atoms with Crippen molar-refractivity contribution in [2.45, 2.75) is 20.0 Å². The van der Waals surface area contributed by atoms with Gasteiger partial charge in [0.25, 0.3) is 5.91 Å². The topological polar surface area (TPSA) is 65.5 Å². The molecule has 0 radical (unpaired) electrons. The average Bonchev–Trinajstić information content (AvgIpc) is 3.02. The third kappa shape index (κ3) is 4.05. The Labute approximate surface area is 165 Å². The lowest BCUT2D eigenvalue weighted by atomic mass is 10.0. The summed E-state index contributed by atoms with van der Waals surface area (Å²) in [6.45, 7) is 3.44. The fraction of sp³-hybridized carbons (Fsp3) is 0.217. The van der Waals surface area contributed by atoms with E-state index in [0.29, 0.717) is 5.57 Å². The first-order chi connectivity index (χ1) is 13.4. The van der Waals surface area contributed by atoms with Gasteiger partial charge in [0.2, 0.25) is 0 Å². The van der Waals surface area contributed by atoms with E-state index in [-0.39, 0.29) is 12.0 Å². The number of fused-ring (bicyclic) bond motifs is 2. The van der Waals surface area contributed by atoms with Gasteiger partial charge in [-0.15, -0.1) is 0 Å². The van der Waals surface area contributed by atoms with Crippen molar-refractivity contribution in [1.29, 1.82) is 0 Å². The summed E-state index contributed by atoms with van der Waals surface area (Å²) in [5, 5.41) is 11.0. The lowest BCUT2D eigenvalue weighted by Gasteiger charge is -2.10. The molecule has 3 aliphatic rings. The Morgan fingerprint density at radius 1 is 1.00 bits per heavy atom. The minimum Gasteiger partial charge on any atom is -0.394 e. The van der Waals surface area contributed by atoms with Crippen molar-refractivity contribution >= 4 is 29.1 Å². The molecule has 0 aromatic heterocycles. The first-order valence-corrected chi connectivity index (χ1v) is 9.25. The van der Waals surface area contributed by atoms with Gasteiger partial charge in [-0.3, -0.25) is 4.79 Å². The van der Waals surface area contributed by atoms with E-state index in [1.807, 2.05) is 79.7 Å². The van der Waals surface area contributed by atoms with Gasteiger partial charge in [0.1, 0.15) is 5.82 Å². The first-order valence-electron chi connectivity index (χ1n) is 9.25. The summed E-state index contributed by atoms with van der Waals surface area (Å²) in [7, 11) is 3.93. The molecule has 28 heavy (non-hydrogen) atoms. The average molecular weight is 375 g/mol. The molecular formula is C23H25N3O2. The second-order valence-electron chi connectivity index (χ2n) is 7.10. The van der Waals surface area contributed by atoms with Crippen molar-refractivity contribution in [3.63, 3.8) is 0 Å². The highest BCUT2D eigenvalue weighted by Gasteiger charge is 2.25. The van der Waals surface area contributed by atoms with Crippen molar-refractivity contribution in [3.8, 4) is 11.3 Å². The molecule has 2 aliphatic heterocycles.